The van der Waals surface area contributed by atoms with E-state index in [1.807, 2.05) is 21.7 Å². The molecular formula is C15H17NO3S. The summed E-state index contributed by atoms with van der Waals surface area (Å²) in [5.74, 6) is 0.639. The molecule has 3 heterocycles. The topological polar surface area (TPSA) is 53.7 Å². The number of thiophene rings is 1. The number of hydrogen-bond donors (Lipinski definition) is 1. The van der Waals surface area contributed by atoms with Gasteiger partial charge in [0.05, 0.1) is 11.8 Å². The highest BCUT2D eigenvalue weighted by Crippen LogP contribution is 2.29. The highest BCUT2D eigenvalue weighted by atomic mass is 32.1. The van der Waals surface area contributed by atoms with Crippen molar-refractivity contribution in [2.75, 3.05) is 6.54 Å². The van der Waals surface area contributed by atoms with E-state index in [-0.39, 0.29) is 11.9 Å². The molecule has 0 aromatic carbocycles. The second-order valence-corrected chi connectivity index (χ2v) is 5.85. The predicted molar refractivity (Wildman–Crippen MR) is 76.7 cm³/mol. The molecule has 1 aliphatic rings. The average Bonchev–Trinajstić information content (AvgIpc) is 3.20. The van der Waals surface area contributed by atoms with Crippen molar-refractivity contribution >= 4 is 17.2 Å². The van der Waals surface area contributed by atoms with E-state index in [2.05, 4.69) is 0 Å². The molecule has 0 saturated carbocycles. The van der Waals surface area contributed by atoms with E-state index < -0.39 is 6.10 Å². The Hall–Kier alpha value is -1.59. The van der Waals surface area contributed by atoms with Crippen LogP contribution in [0.25, 0.3) is 0 Å². The fourth-order valence-electron chi connectivity index (χ4n) is 2.75. The van der Waals surface area contributed by atoms with Crippen LogP contribution in [0.5, 0.6) is 0 Å². The van der Waals surface area contributed by atoms with Crippen molar-refractivity contribution < 1.29 is 14.3 Å². The van der Waals surface area contributed by atoms with Crippen LogP contribution in [0.2, 0.25) is 0 Å². The number of furan rings is 1. The minimum Gasteiger partial charge on any atom is -0.467 e. The van der Waals surface area contributed by atoms with Crippen molar-refractivity contribution in [1.82, 2.24) is 4.90 Å². The molecule has 3 rings (SSSR count). The molecule has 5 heteroatoms. The number of amides is 1. The smallest absolute Gasteiger partial charge is 0.254 e. The zero-order valence-electron chi connectivity index (χ0n) is 11.1. The Bertz CT molecular complexity index is 550. The van der Waals surface area contributed by atoms with Gasteiger partial charge in [-0.2, -0.15) is 11.3 Å². The number of carbonyl (C=O) groups excluding carboxylic acids is 1. The lowest BCUT2D eigenvalue weighted by atomic mass is 10.0. The van der Waals surface area contributed by atoms with Crippen LogP contribution in [0, 0.1) is 0 Å². The number of hydrogen-bond acceptors (Lipinski definition) is 4. The van der Waals surface area contributed by atoms with Crippen LogP contribution in [0.3, 0.4) is 0 Å². The summed E-state index contributed by atoms with van der Waals surface area (Å²) in [5.41, 5.74) is 0.745. The summed E-state index contributed by atoms with van der Waals surface area (Å²) in [7, 11) is 0. The van der Waals surface area contributed by atoms with Crippen LogP contribution in [-0.2, 0) is 0 Å². The van der Waals surface area contributed by atoms with E-state index in [0.29, 0.717) is 12.2 Å². The van der Waals surface area contributed by atoms with Crippen LogP contribution in [-0.4, -0.2) is 28.5 Å². The summed E-state index contributed by atoms with van der Waals surface area (Å²) >= 11 is 1.53. The first-order chi connectivity index (χ1) is 9.75. The Morgan fingerprint density at radius 3 is 3.15 bits per heavy atom. The first-order valence-corrected chi connectivity index (χ1v) is 7.74. The van der Waals surface area contributed by atoms with E-state index in [1.54, 1.807) is 18.4 Å². The standard InChI is InChI=1S/C15H17NO3S/c17-13(14-4-2-7-19-14)9-12-3-1-6-16(12)15(18)11-5-8-20-10-11/h2,4-5,7-8,10,12-13,17H,1,3,6,9H2. The Morgan fingerprint density at radius 1 is 1.55 bits per heavy atom. The zero-order chi connectivity index (χ0) is 13.9. The van der Waals surface area contributed by atoms with Gasteiger partial charge >= 0.3 is 0 Å². The van der Waals surface area contributed by atoms with Gasteiger partial charge in [0, 0.05) is 24.4 Å². The quantitative estimate of drug-likeness (QED) is 0.942. The van der Waals surface area contributed by atoms with Crippen molar-refractivity contribution in [3.63, 3.8) is 0 Å². The summed E-state index contributed by atoms with van der Waals surface area (Å²) < 4.78 is 5.22. The van der Waals surface area contributed by atoms with Crippen LogP contribution >= 0.6 is 11.3 Å². The molecule has 2 unspecified atom stereocenters. The van der Waals surface area contributed by atoms with Crippen LogP contribution in [0.4, 0.5) is 0 Å². The fraction of sp³-hybridized carbons (Fsp3) is 0.400. The average molecular weight is 291 g/mol. The summed E-state index contributed by atoms with van der Waals surface area (Å²) in [6.45, 7) is 0.768. The molecule has 2 aromatic rings. The van der Waals surface area contributed by atoms with Gasteiger partial charge < -0.3 is 14.4 Å². The predicted octanol–water partition coefficient (Wildman–Crippen LogP) is 3.07. The number of aliphatic hydroxyl groups excluding tert-OH is 1. The molecule has 1 saturated heterocycles. The third-order valence-electron chi connectivity index (χ3n) is 3.77. The van der Waals surface area contributed by atoms with Crippen molar-refractivity contribution in [2.45, 2.75) is 31.4 Å². The number of nitrogens with zero attached hydrogens (tertiary/aromatic N) is 1. The van der Waals surface area contributed by atoms with E-state index >= 15 is 0 Å². The molecule has 1 aliphatic heterocycles. The molecule has 0 radical (unpaired) electrons. The molecular weight excluding hydrogens is 274 g/mol. The van der Waals surface area contributed by atoms with E-state index in [1.165, 1.54) is 11.3 Å². The van der Waals surface area contributed by atoms with Gasteiger partial charge in [0.25, 0.3) is 5.91 Å². The molecule has 1 amide bonds. The minimum absolute atomic E-state index is 0.0698. The second kappa shape index (κ2) is 5.81. The highest BCUT2D eigenvalue weighted by Gasteiger charge is 2.31. The van der Waals surface area contributed by atoms with Gasteiger partial charge in [-0.3, -0.25) is 4.79 Å². The van der Waals surface area contributed by atoms with E-state index in [9.17, 15) is 9.90 Å². The third kappa shape index (κ3) is 2.64. The molecule has 4 nitrogen and oxygen atoms in total. The van der Waals surface area contributed by atoms with E-state index in [0.717, 1.165) is 24.9 Å². The Labute approximate surface area is 121 Å². The zero-order valence-corrected chi connectivity index (χ0v) is 11.9. The molecule has 0 spiro atoms. The minimum atomic E-state index is -0.647. The molecule has 1 N–H and O–H groups in total. The fourth-order valence-corrected chi connectivity index (χ4v) is 3.38. The largest absolute Gasteiger partial charge is 0.467 e. The Kier molecular flexibility index (Phi) is 3.89. The van der Waals surface area contributed by atoms with Crippen LogP contribution in [0.15, 0.2) is 39.6 Å². The Balaban J connectivity index is 1.68. The summed E-state index contributed by atoms with van der Waals surface area (Å²) in [6.07, 6.45) is 3.37. The lowest BCUT2D eigenvalue weighted by Gasteiger charge is -2.25. The molecule has 106 valence electrons. The summed E-state index contributed by atoms with van der Waals surface area (Å²) in [4.78, 5) is 14.3. The highest BCUT2D eigenvalue weighted by molar-refractivity contribution is 7.08. The van der Waals surface area contributed by atoms with Gasteiger partial charge in [0.1, 0.15) is 11.9 Å². The first kappa shape index (κ1) is 13.4. The third-order valence-corrected chi connectivity index (χ3v) is 4.46. The second-order valence-electron chi connectivity index (χ2n) is 5.07. The molecule has 2 atom stereocenters. The molecule has 1 fully saturated rings. The molecule has 2 aromatic heterocycles. The molecule has 0 aliphatic carbocycles. The molecule has 0 bridgehead atoms. The molecule has 20 heavy (non-hydrogen) atoms. The number of aliphatic hydroxyl groups is 1. The van der Waals surface area contributed by atoms with Crippen molar-refractivity contribution in [2.24, 2.45) is 0 Å². The van der Waals surface area contributed by atoms with Gasteiger partial charge in [-0.15, -0.1) is 0 Å². The maximum absolute atomic E-state index is 12.4. The summed E-state index contributed by atoms with van der Waals surface area (Å²) in [5, 5.41) is 14.0. The van der Waals surface area contributed by atoms with Gasteiger partial charge in [0.15, 0.2) is 0 Å². The first-order valence-electron chi connectivity index (χ1n) is 6.80. The van der Waals surface area contributed by atoms with Gasteiger partial charge in [-0.1, -0.05) is 0 Å². The monoisotopic (exact) mass is 291 g/mol. The van der Waals surface area contributed by atoms with Crippen LogP contribution < -0.4 is 0 Å². The van der Waals surface area contributed by atoms with Crippen molar-refractivity contribution in [1.29, 1.82) is 0 Å². The van der Waals surface area contributed by atoms with E-state index in [4.69, 9.17) is 4.42 Å². The summed E-state index contributed by atoms with van der Waals surface area (Å²) in [6, 6.07) is 5.47. The van der Waals surface area contributed by atoms with Gasteiger partial charge in [-0.25, -0.2) is 0 Å². The maximum atomic E-state index is 12.4. The van der Waals surface area contributed by atoms with Gasteiger partial charge in [0.2, 0.25) is 0 Å². The lowest BCUT2D eigenvalue weighted by Crippen LogP contribution is -2.36. The normalized spacial score (nSPS) is 20.2. The SMILES string of the molecule is O=C(c1ccsc1)N1CCCC1CC(O)c1ccco1. The van der Waals surface area contributed by atoms with Crippen LogP contribution in [0.1, 0.15) is 41.5 Å². The van der Waals surface area contributed by atoms with Crippen molar-refractivity contribution in [3.05, 3.63) is 46.5 Å². The maximum Gasteiger partial charge on any atom is 0.254 e. The lowest BCUT2D eigenvalue weighted by molar-refractivity contribution is 0.0642. The van der Waals surface area contributed by atoms with Crippen molar-refractivity contribution in [3.8, 4) is 0 Å². The number of likely N-dealkylation sites (tertiary alicyclic amines) is 1. The van der Waals surface area contributed by atoms with Gasteiger partial charge in [-0.05, 0) is 36.4 Å². The Morgan fingerprint density at radius 2 is 2.45 bits per heavy atom. The number of carbonyl (C=O) groups is 1. The number of rotatable bonds is 4.